The summed E-state index contributed by atoms with van der Waals surface area (Å²) in [5.74, 6) is -0.791. The third-order valence-electron chi connectivity index (χ3n) is 4.85. The number of piperidine rings is 1. The van der Waals surface area contributed by atoms with Crippen LogP contribution in [0.25, 0.3) is 0 Å². The molecule has 2 aromatic rings. The fourth-order valence-corrected chi connectivity index (χ4v) is 3.43. The number of nitrogens with zero attached hydrogens (tertiary/aromatic N) is 1. The minimum Gasteiger partial charge on any atom is -0.341 e. The standard InChI is InChI=1S/C21H23FN2O2/c22-18-10-8-16(9-11-18)20(25)17-7-4-12-24(14-17)21(26)19(23)13-15-5-2-1-3-6-15/h1-3,5-6,8-11,17,19H,4,7,12-14,23H2/t17?,19-/m0/s1. The molecular formula is C21H23FN2O2. The fraction of sp³-hybridized carbons (Fsp3) is 0.333. The van der Waals surface area contributed by atoms with Gasteiger partial charge in [-0.15, -0.1) is 0 Å². The fourth-order valence-electron chi connectivity index (χ4n) is 3.43. The maximum absolute atomic E-state index is 13.0. The number of Topliss-reactive ketones (excluding diaryl/α,β-unsaturated/α-hetero) is 1. The lowest BCUT2D eigenvalue weighted by Gasteiger charge is -2.33. The summed E-state index contributed by atoms with van der Waals surface area (Å²) in [6, 6.07) is 14.6. The molecule has 1 unspecified atom stereocenters. The molecule has 1 fully saturated rings. The van der Waals surface area contributed by atoms with E-state index in [0.29, 0.717) is 25.1 Å². The first-order chi connectivity index (χ1) is 12.5. The molecule has 1 amide bonds. The summed E-state index contributed by atoms with van der Waals surface area (Å²) >= 11 is 0. The molecule has 3 rings (SSSR count). The zero-order valence-electron chi connectivity index (χ0n) is 14.6. The highest BCUT2D eigenvalue weighted by atomic mass is 19.1. The van der Waals surface area contributed by atoms with E-state index in [4.69, 9.17) is 5.73 Å². The number of benzene rings is 2. The molecule has 0 aliphatic carbocycles. The van der Waals surface area contributed by atoms with Crippen molar-refractivity contribution in [3.05, 3.63) is 71.5 Å². The molecule has 0 saturated carbocycles. The van der Waals surface area contributed by atoms with Crippen molar-refractivity contribution in [2.45, 2.75) is 25.3 Å². The minimum absolute atomic E-state index is 0.0425. The van der Waals surface area contributed by atoms with Gasteiger partial charge in [-0.1, -0.05) is 30.3 Å². The van der Waals surface area contributed by atoms with Crippen LogP contribution in [0.5, 0.6) is 0 Å². The van der Waals surface area contributed by atoms with E-state index in [1.807, 2.05) is 30.3 Å². The van der Waals surface area contributed by atoms with Gasteiger partial charge < -0.3 is 10.6 Å². The van der Waals surface area contributed by atoms with E-state index in [1.54, 1.807) is 4.90 Å². The third kappa shape index (κ3) is 4.35. The second-order valence-electron chi connectivity index (χ2n) is 6.79. The Hall–Kier alpha value is -2.53. The molecule has 4 nitrogen and oxygen atoms in total. The van der Waals surface area contributed by atoms with Crippen LogP contribution in [-0.2, 0) is 11.2 Å². The lowest BCUT2D eigenvalue weighted by molar-refractivity contribution is -0.134. The van der Waals surface area contributed by atoms with E-state index in [-0.39, 0.29) is 23.4 Å². The van der Waals surface area contributed by atoms with E-state index in [2.05, 4.69) is 0 Å². The van der Waals surface area contributed by atoms with Crippen molar-refractivity contribution in [2.75, 3.05) is 13.1 Å². The van der Waals surface area contributed by atoms with Crippen LogP contribution in [0.2, 0.25) is 0 Å². The van der Waals surface area contributed by atoms with Crippen molar-refractivity contribution < 1.29 is 14.0 Å². The molecule has 2 N–H and O–H groups in total. The van der Waals surface area contributed by atoms with Crippen LogP contribution in [0.1, 0.15) is 28.8 Å². The largest absolute Gasteiger partial charge is 0.341 e. The Bertz CT molecular complexity index is 761. The first-order valence-electron chi connectivity index (χ1n) is 8.92. The molecule has 2 aromatic carbocycles. The van der Waals surface area contributed by atoms with Crippen molar-refractivity contribution >= 4 is 11.7 Å². The summed E-state index contributed by atoms with van der Waals surface area (Å²) in [7, 11) is 0. The van der Waals surface area contributed by atoms with E-state index in [9.17, 15) is 14.0 Å². The summed E-state index contributed by atoms with van der Waals surface area (Å²) in [6.07, 6.45) is 1.97. The molecule has 5 heteroatoms. The van der Waals surface area contributed by atoms with Gasteiger partial charge in [0.15, 0.2) is 5.78 Å². The number of ketones is 1. The van der Waals surface area contributed by atoms with Crippen LogP contribution in [-0.4, -0.2) is 35.7 Å². The number of carbonyl (C=O) groups excluding carboxylic acids is 2. The normalized spacial score (nSPS) is 18.4. The van der Waals surface area contributed by atoms with Crippen LogP contribution in [0, 0.1) is 11.7 Å². The van der Waals surface area contributed by atoms with Gasteiger partial charge in [0.05, 0.1) is 6.04 Å². The SMILES string of the molecule is N[C@@H](Cc1ccccc1)C(=O)N1CCCC(C(=O)c2ccc(F)cc2)C1. The zero-order valence-corrected chi connectivity index (χ0v) is 14.6. The summed E-state index contributed by atoms with van der Waals surface area (Å²) in [5.41, 5.74) is 7.61. The van der Waals surface area contributed by atoms with E-state index < -0.39 is 6.04 Å². The number of halogens is 1. The molecule has 1 saturated heterocycles. The average Bonchev–Trinajstić information content (AvgIpc) is 2.68. The number of hydrogen-bond acceptors (Lipinski definition) is 3. The smallest absolute Gasteiger partial charge is 0.239 e. The molecule has 26 heavy (non-hydrogen) atoms. The second-order valence-corrected chi connectivity index (χ2v) is 6.79. The molecule has 0 bridgehead atoms. The highest BCUT2D eigenvalue weighted by Gasteiger charge is 2.31. The highest BCUT2D eigenvalue weighted by molar-refractivity contribution is 5.98. The third-order valence-corrected chi connectivity index (χ3v) is 4.85. The first kappa shape index (κ1) is 18.3. The number of amides is 1. The van der Waals surface area contributed by atoms with Crippen LogP contribution in [0.3, 0.4) is 0 Å². The van der Waals surface area contributed by atoms with E-state index in [1.165, 1.54) is 24.3 Å². The first-order valence-corrected chi connectivity index (χ1v) is 8.92. The molecule has 1 heterocycles. The Morgan fingerprint density at radius 3 is 2.50 bits per heavy atom. The summed E-state index contributed by atoms with van der Waals surface area (Å²) < 4.78 is 13.0. The van der Waals surface area contributed by atoms with Crippen molar-refractivity contribution in [2.24, 2.45) is 11.7 Å². The second kappa shape index (κ2) is 8.23. The summed E-state index contributed by atoms with van der Waals surface area (Å²) in [4.78, 5) is 27.0. The molecule has 136 valence electrons. The molecular weight excluding hydrogens is 331 g/mol. The average molecular weight is 354 g/mol. The maximum Gasteiger partial charge on any atom is 0.239 e. The van der Waals surface area contributed by atoms with Crippen LogP contribution in [0.15, 0.2) is 54.6 Å². The Kier molecular flexibility index (Phi) is 5.78. The van der Waals surface area contributed by atoms with E-state index in [0.717, 1.165) is 18.4 Å². The highest BCUT2D eigenvalue weighted by Crippen LogP contribution is 2.22. The Balaban J connectivity index is 1.63. The van der Waals surface area contributed by atoms with Crippen molar-refractivity contribution in [3.63, 3.8) is 0 Å². The molecule has 0 spiro atoms. The molecule has 0 aromatic heterocycles. The van der Waals surface area contributed by atoms with Crippen LogP contribution in [0.4, 0.5) is 4.39 Å². The molecule has 1 aliphatic heterocycles. The topological polar surface area (TPSA) is 63.4 Å². The van der Waals surface area contributed by atoms with Gasteiger partial charge in [0.2, 0.25) is 5.91 Å². The number of carbonyl (C=O) groups is 2. The van der Waals surface area contributed by atoms with E-state index >= 15 is 0 Å². The zero-order chi connectivity index (χ0) is 18.5. The van der Waals surface area contributed by atoms with Crippen molar-refractivity contribution in [1.82, 2.24) is 4.90 Å². The number of likely N-dealkylation sites (tertiary alicyclic amines) is 1. The van der Waals surface area contributed by atoms with Gasteiger partial charge in [-0.05, 0) is 49.1 Å². The Labute approximate surface area is 152 Å². The van der Waals surface area contributed by atoms with Gasteiger partial charge in [0, 0.05) is 24.6 Å². The molecule has 2 atom stereocenters. The number of rotatable bonds is 5. The predicted molar refractivity (Wildman–Crippen MR) is 98.2 cm³/mol. The van der Waals surface area contributed by atoms with Gasteiger partial charge >= 0.3 is 0 Å². The quantitative estimate of drug-likeness (QED) is 0.840. The van der Waals surface area contributed by atoms with Gasteiger partial charge in [0.25, 0.3) is 0 Å². The van der Waals surface area contributed by atoms with Crippen LogP contribution >= 0.6 is 0 Å². The number of hydrogen-bond donors (Lipinski definition) is 1. The lowest BCUT2D eigenvalue weighted by Crippen LogP contribution is -2.49. The van der Waals surface area contributed by atoms with Crippen LogP contribution < -0.4 is 5.73 Å². The summed E-state index contributed by atoms with van der Waals surface area (Å²) in [5, 5.41) is 0. The molecule has 1 aliphatic rings. The van der Waals surface area contributed by atoms with Gasteiger partial charge in [-0.25, -0.2) is 4.39 Å². The number of nitrogens with two attached hydrogens (primary N) is 1. The monoisotopic (exact) mass is 354 g/mol. The van der Waals surface area contributed by atoms with Crippen molar-refractivity contribution in [1.29, 1.82) is 0 Å². The lowest BCUT2D eigenvalue weighted by atomic mass is 9.89. The summed E-state index contributed by atoms with van der Waals surface area (Å²) in [6.45, 7) is 0.992. The minimum atomic E-state index is -0.614. The predicted octanol–water partition coefficient (Wildman–Crippen LogP) is 2.82. The Morgan fingerprint density at radius 1 is 1.12 bits per heavy atom. The van der Waals surface area contributed by atoms with Gasteiger partial charge in [0.1, 0.15) is 5.82 Å². The van der Waals surface area contributed by atoms with Gasteiger partial charge in [-0.3, -0.25) is 9.59 Å². The van der Waals surface area contributed by atoms with Gasteiger partial charge in [-0.2, -0.15) is 0 Å². The molecule has 0 radical (unpaired) electrons. The van der Waals surface area contributed by atoms with Crippen molar-refractivity contribution in [3.8, 4) is 0 Å². The Morgan fingerprint density at radius 2 is 1.81 bits per heavy atom. The maximum atomic E-state index is 13.0.